The summed E-state index contributed by atoms with van der Waals surface area (Å²) < 4.78 is 6.05. The summed E-state index contributed by atoms with van der Waals surface area (Å²) in [6.07, 6.45) is 6.31. The number of benzene rings is 4. The van der Waals surface area contributed by atoms with E-state index in [1.165, 1.54) is 30.4 Å². The lowest BCUT2D eigenvalue weighted by molar-refractivity contribution is -0.117. The first kappa shape index (κ1) is 30.4. The zero-order chi connectivity index (χ0) is 31.0. The molecule has 45 heavy (non-hydrogen) atoms. The predicted molar refractivity (Wildman–Crippen MR) is 180 cm³/mol. The van der Waals surface area contributed by atoms with E-state index in [4.69, 9.17) is 4.74 Å². The summed E-state index contributed by atoms with van der Waals surface area (Å²) in [4.78, 5) is 30.6. The lowest BCUT2D eigenvalue weighted by Gasteiger charge is -2.32. The lowest BCUT2D eigenvalue weighted by atomic mass is 9.90. The monoisotopic (exact) mass is 599 g/mol. The van der Waals surface area contributed by atoms with Crippen LogP contribution < -0.4 is 15.0 Å². The van der Waals surface area contributed by atoms with Gasteiger partial charge in [-0.3, -0.25) is 14.5 Å². The molecule has 1 saturated heterocycles. The zero-order valence-electron chi connectivity index (χ0n) is 26.0. The Labute approximate surface area is 266 Å². The molecule has 1 fully saturated rings. The van der Waals surface area contributed by atoms with Gasteiger partial charge in [0.05, 0.1) is 12.2 Å². The van der Waals surface area contributed by atoms with Crippen molar-refractivity contribution in [2.24, 2.45) is 5.92 Å². The van der Waals surface area contributed by atoms with Gasteiger partial charge in [-0.15, -0.1) is 0 Å². The number of carbonyl (C=O) groups excluding carboxylic acids is 2. The largest absolute Gasteiger partial charge is 0.449 e. The Morgan fingerprint density at radius 2 is 1.58 bits per heavy atom. The van der Waals surface area contributed by atoms with Crippen LogP contribution in [0.5, 0.6) is 5.75 Å². The second-order valence-electron chi connectivity index (χ2n) is 12.2. The molecule has 1 N–H and O–H groups in total. The third kappa shape index (κ3) is 7.89. The fourth-order valence-corrected chi connectivity index (χ4v) is 6.15. The molecule has 0 unspecified atom stereocenters. The van der Waals surface area contributed by atoms with E-state index in [-0.39, 0.29) is 17.6 Å². The van der Waals surface area contributed by atoms with Crippen LogP contribution in [0.25, 0.3) is 6.08 Å². The van der Waals surface area contributed by atoms with Crippen LogP contribution in [0.1, 0.15) is 51.9 Å². The van der Waals surface area contributed by atoms with Crippen LogP contribution in [-0.4, -0.2) is 42.9 Å². The average Bonchev–Trinajstić information content (AvgIpc) is 3.07. The van der Waals surface area contributed by atoms with Crippen molar-refractivity contribution < 1.29 is 14.3 Å². The molecule has 2 aliphatic rings. The molecule has 2 aliphatic heterocycles. The summed E-state index contributed by atoms with van der Waals surface area (Å²) in [6, 6.07) is 33.9. The molecule has 2 heterocycles. The Bertz CT molecular complexity index is 1620. The van der Waals surface area contributed by atoms with Crippen LogP contribution in [0, 0.1) is 12.8 Å². The molecule has 0 bridgehead atoms. The molecule has 6 rings (SSSR count). The second-order valence-corrected chi connectivity index (χ2v) is 12.2. The first-order valence-electron chi connectivity index (χ1n) is 16.0. The van der Waals surface area contributed by atoms with Crippen LogP contribution in [0.2, 0.25) is 0 Å². The van der Waals surface area contributed by atoms with Gasteiger partial charge in [0.25, 0.3) is 11.8 Å². The maximum Gasteiger partial charge on any atom is 0.294 e. The highest BCUT2D eigenvalue weighted by molar-refractivity contribution is 6.09. The van der Waals surface area contributed by atoms with Gasteiger partial charge < -0.3 is 15.0 Å². The number of rotatable bonds is 10. The van der Waals surface area contributed by atoms with Gasteiger partial charge >= 0.3 is 0 Å². The quantitative estimate of drug-likeness (QED) is 0.157. The number of nitrogens with one attached hydrogen (secondary N) is 1. The molecule has 6 heteroatoms. The number of para-hydroxylation sites is 2. The van der Waals surface area contributed by atoms with E-state index in [1.807, 2.05) is 55.5 Å². The summed E-state index contributed by atoms with van der Waals surface area (Å²) in [6.45, 7) is 6.40. The Morgan fingerprint density at radius 3 is 2.33 bits per heavy atom. The second kappa shape index (κ2) is 14.4. The van der Waals surface area contributed by atoms with Gasteiger partial charge in [-0.25, -0.2) is 0 Å². The number of piperidine rings is 1. The lowest BCUT2D eigenvalue weighted by Crippen LogP contribution is -2.36. The highest BCUT2D eigenvalue weighted by atomic mass is 16.5. The number of hydrogen-bond donors (Lipinski definition) is 1. The number of ether oxygens (including phenoxy) is 1. The van der Waals surface area contributed by atoms with Crippen LogP contribution in [0.4, 0.5) is 5.69 Å². The number of nitrogens with zero attached hydrogens (tertiary/aromatic N) is 2. The molecule has 0 radical (unpaired) electrons. The summed E-state index contributed by atoms with van der Waals surface area (Å²) in [5.41, 5.74) is 5.80. The van der Waals surface area contributed by atoms with Crippen molar-refractivity contribution >= 4 is 23.6 Å². The maximum absolute atomic E-state index is 13.6. The van der Waals surface area contributed by atoms with Crippen LogP contribution in [-0.2, 0) is 17.8 Å². The standard InChI is InChI=1S/C39H41N3O3/c1-29-12-14-33(15-13-29)28-42-35-10-5-6-11-36(35)45-37(39(42)44)27-31-16-18-34(19-17-31)38(43)40-22-7-23-41-24-20-32(21-25-41)26-30-8-3-2-4-9-30/h2-6,8-19,27,32H,7,20-26,28H2,1H3,(H,40,43)/b37-27+. The molecule has 0 atom stereocenters. The normalized spacial score (nSPS) is 16.3. The Kier molecular flexibility index (Phi) is 9.71. The molecule has 4 aromatic rings. The Hall–Kier alpha value is -4.68. The van der Waals surface area contributed by atoms with Crippen molar-refractivity contribution in [2.45, 2.75) is 39.2 Å². The van der Waals surface area contributed by atoms with Crippen LogP contribution in [0.3, 0.4) is 0 Å². The topological polar surface area (TPSA) is 61.9 Å². The first-order valence-corrected chi connectivity index (χ1v) is 16.0. The minimum absolute atomic E-state index is 0.0843. The van der Waals surface area contributed by atoms with E-state index in [9.17, 15) is 9.59 Å². The fraction of sp³-hybridized carbons (Fsp3) is 0.282. The minimum Gasteiger partial charge on any atom is -0.449 e. The number of amides is 2. The highest BCUT2D eigenvalue weighted by Gasteiger charge is 2.30. The molecule has 230 valence electrons. The van der Waals surface area contributed by atoms with Crippen molar-refractivity contribution in [2.75, 3.05) is 31.1 Å². The van der Waals surface area contributed by atoms with E-state index < -0.39 is 0 Å². The van der Waals surface area contributed by atoms with Crippen molar-refractivity contribution in [3.8, 4) is 5.75 Å². The molecule has 0 aromatic heterocycles. The van der Waals surface area contributed by atoms with Gasteiger partial charge in [0.2, 0.25) is 0 Å². The molecule has 0 saturated carbocycles. The van der Waals surface area contributed by atoms with Gasteiger partial charge in [0.15, 0.2) is 11.5 Å². The number of anilines is 1. The number of carbonyl (C=O) groups is 2. The molecular formula is C39H41N3O3. The van der Waals surface area contributed by atoms with Gasteiger partial charge in [-0.2, -0.15) is 0 Å². The maximum atomic E-state index is 13.6. The predicted octanol–water partition coefficient (Wildman–Crippen LogP) is 7.04. The number of likely N-dealkylation sites (tertiary alicyclic amines) is 1. The SMILES string of the molecule is Cc1ccc(CN2C(=O)/C(=C\c3ccc(C(=O)NCCCN4CCC(Cc5ccccc5)CC4)cc3)Oc3ccccc32)cc1. The third-order valence-corrected chi connectivity index (χ3v) is 8.77. The van der Waals surface area contributed by atoms with E-state index >= 15 is 0 Å². The van der Waals surface area contributed by atoms with E-state index in [2.05, 4.69) is 52.7 Å². The van der Waals surface area contributed by atoms with Gasteiger partial charge in [0.1, 0.15) is 0 Å². The molecular weight excluding hydrogens is 558 g/mol. The fourth-order valence-electron chi connectivity index (χ4n) is 6.15. The minimum atomic E-state index is -0.198. The molecule has 6 nitrogen and oxygen atoms in total. The van der Waals surface area contributed by atoms with Crippen molar-refractivity contribution in [3.05, 3.63) is 137 Å². The van der Waals surface area contributed by atoms with Crippen molar-refractivity contribution in [1.82, 2.24) is 10.2 Å². The van der Waals surface area contributed by atoms with Crippen molar-refractivity contribution in [1.29, 1.82) is 0 Å². The first-order chi connectivity index (χ1) is 22.0. The number of fused-ring (bicyclic) bond motifs is 1. The van der Waals surface area contributed by atoms with E-state index in [0.717, 1.165) is 48.8 Å². The average molecular weight is 600 g/mol. The summed E-state index contributed by atoms with van der Waals surface area (Å²) in [7, 11) is 0. The summed E-state index contributed by atoms with van der Waals surface area (Å²) in [5.74, 6) is 1.37. The summed E-state index contributed by atoms with van der Waals surface area (Å²) >= 11 is 0. The van der Waals surface area contributed by atoms with Crippen molar-refractivity contribution in [3.63, 3.8) is 0 Å². The molecule has 2 amide bonds. The number of aryl methyl sites for hydroxylation is 1. The molecule has 0 aliphatic carbocycles. The van der Waals surface area contributed by atoms with Gasteiger partial charge in [-0.1, -0.05) is 84.4 Å². The number of hydrogen-bond acceptors (Lipinski definition) is 4. The molecule has 0 spiro atoms. The third-order valence-electron chi connectivity index (χ3n) is 8.77. The smallest absolute Gasteiger partial charge is 0.294 e. The Balaban J connectivity index is 0.993. The van der Waals surface area contributed by atoms with E-state index in [0.29, 0.717) is 24.4 Å². The van der Waals surface area contributed by atoms with E-state index in [1.54, 1.807) is 23.1 Å². The van der Waals surface area contributed by atoms with Crippen LogP contribution >= 0.6 is 0 Å². The summed E-state index contributed by atoms with van der Waals surface area (Å²) in [5, 5.41) is 3.06. The molecule has 4 aromatic carbocycles. The van der Waals surface area contributed by atoms with Gasteiger partial charge in [0, 0.05) is 12.1 Å². The Morgan fingerprint density at radius 1 is 0.867 bits per heavy atom. The van der Waals surface area contributed by atoms with Crippen LogP contribution in [0.15, 0.2) is 109 Å². The highest BCUT2D eigenvalue weighted by Crippen LogP contribution is 2.36. The zero-order valence-corrected chi connectivity index (χ0v) is 26.0. The van der Waals surface area contributed by atoms with Gasteiger partial charge in [-0.05, 0) is 105 Å².